The zero-order chi connectivity index (χ0) is 13.1. The van der Waals surface area contributed by atoms with E-state index in [1.807, 2.05) is 19.6 Å². The van der Waals surface area contributed by atoms with E-state index >= 15 is 0 Å². The van der Waals surface area contributed by atoms with Crippen LogP contribution in [0.25, 0.3) is 0 Å². The molecule has 0 aromatic heterocycles. The van der Waals surface area contributed by atoms with Gasteiger partial charge in [0.25, 0.3) is 5.78 Å². The average molecular weight is 252 g/mol. The minimum absolute atomic E-state index is 0.314. The molecule has 0 heterocycles. The minimum Gasteiger partial charge on any atom is -0.514 e. The first-order valence-electron chi connectivity index (χ1n) is 5.25. The molecular formula is C12H16O4Si. The van der Waals surface area contributed by atoms with Gasteiger partial charge in [-0.25, -0.2) is 4.79 Å². The van der Waals surface area contributed by atoms with Gasteiger partial charge in [0.15, 0.2) is 0 Å². The predicted molar refractivity (Wildman–Crippen MR) is 66.8 cm³/mol. The summed E-state index contributed by atoms with van der Waals surface area (Å²) >= 11 is 0. The minimum atomic E-state index is -2.03. The zero-order valence-electron chi connectivity index (χ0n) is 10.4. The molecule has 1 rings (SSSR count). The molecule has 0 amide bonds. The fourth-order valence-corrected chi connectivity index (χ4v) is 1.83. The standard InChI is InChI=1S/C12H16O4Si/c1-15-10-7-5-9(6-8-10)11(13)12(14)16-17(2,3)4/h5-8H,1-4H3. The molecule has 92 valence electrons. The van der Waals surface area contributed by atoms with E-state index in [4.69, 9.17) is 9.16 Å². The van der Waals surface area contributed by atoms with Crippen molar-refractivity contribution in [3.63, 3.8) is 0 Å². The van der Waals surface area contributed by atoms with Gasteiger partial charge in [-0.3, -0.25) is 4.79 Å². The van der Waals surface area contributed by atoms with E-state index < -0.39 is 20.1 Å². The zero-order valence-corrected chi connectivity index (χ0v) is 11.4. The number of ketones is 1. The highest BCUT2D eigenvalue weighted by Crippen LogP contribution is 2.13. The third kappa shape index (κ3) is 4.03. The molecule has 1 aromatic rings. The molecule has 5 heteroatoms. The second-order valence-electron chi connectivity index (χ2n) is 4.56. The summed E-state index contributed by atoms with van der Waals surface area (Å²) < 4.78 is 10.1. The molecule has 0 unspecified atom stereocenters. The number of rotatable bonds is 4. The van der Waals surface area contributed by atoms with E-state index in [2.05, 4.69) is 0 Å². The van der Waals surface area contributed by atoms with Gasteiger partial charge in [0.2, 0.25) is 8.32 Å². The largest absolute Gasteiger partial charge is 0.514 e. The quantitative estimate of drug-likeness (QED) is 0.468. The highest BCUT2D eigenvalue weighted by Gasteiger charge is 2.25. The summed E-state index contributed by atoms with van der Waals surface area (Å²) in [7, 11) is -0.491. The average Bonchev–Trinajstić information content (AvgIpc) is 2.26. The van der Waals surface area contributed by atoms with Crippen LogP contribution >= 0.6 is 0 Å². The molecule has 17 heavy (non-hydrogen) atoms. The molecule has 0 N–H and O–H groups in total. The predicted octanol–water partition coefficient (Wildman–Crippen LogP) is 2.26. The summed E-state index contributed by atoms with van der Waals surface area (Å²) in [6, 6.07) is 6.36. The third-order valence-electron chi connectivity index (χ3n) is 1.94. The molecular weight excluding hydrogens is 236 g/mol. The molecule has 0 aliphatic heterocycles. The summed E-state index contributed by atoms with van der Waals surface area (Å²) in [6.07, 6.45) is 0. The van der Waals surface area contributed by atoms with Crippen LogP contribution in [0.3, 0.4) is 0 Å². The SMILES string of the molecule is COc1ccc(C(=O)C(=O)O[Si](C)(C)C)cc1. The Bertz CT molecular complexity index is 417. The van der Waals surface area contributed by atoms with Crippen molar-refractivity contribution in [2.45, 2.75) is 19.6 Å². The van der Waals surface area contributed by atoms with E-state index in [-0.39, 0.29) is 0 Å². The summed E-state index contributed by atoms with van der Waals surface area (Å²) in [5.41, 5.74) is 0.314. The lowest BCUT2D eigenvalue weighted by molar-refractivity contribution is -0.130. The van der Waals surface area contributed by atoms with Crippen molar-refractivity contribution in [3.8, 4) is 5.75 Å². The lowest BCUT2D eigenvalue weighted by atomic mass is 10.1. The monoisotopic (exact) mass is 252 g/mol. The number of hydrogen-bond acceptors (Lipinski definition) is 4. The van der Waals surface area contributed by atoms with E-state index in [0.717, 1.165) is 0 Å². The van der Waals surface area contributed by atoms with E-state index in [1.54, 1.807) is 24.3 Å². The Balaban J connectivity index is 2.78. The fourth-order valence-electron chi connectivity index (χ4n) is 1.18. The summed E-state index contributed by atoms with van der Waals surface area (Å²) in [4.78, 5) is 23.3. The van der Waals surface area contributed by atoms with Crippen LogP contribution in [0.5, 0.6) is 5.75 Å². The number of hydrogen-bond donors (Lipinski definition) is 0. The Morgan fingerprint density at radius 3 is 2.00 bits per heavy atom. The van der Waals surface area contributed by atoms with Crippen molar-refractivity contribution >= 4 is 20.1 Å². The first-order chi connectivity index (χ1) is 7.83. The lowest BCUT2D eigenvalue weighted by Gasteiger charge is -2.16. The maximum absolute atomic E-state index is 11.7. The Morgan fingerprint density at radius 2 is 1.59 bits per heavy atom. The third-order valence-corrected chi connectivity index (χ3v) is 2.73. The molecule has 1 aromatic carbocycles. The Hall–Kier alpha value is -1.62. The molecule has 0 fully saturated rings. The number of ether oxygens (including phenoxy) is 1. The molecule has 0 radical (unpaired) electrons. The topological polar surface area (TPSA) is 52.6 Å². The number of Topliss-reactive ketones (excluding diaryl/α,β-unsaturated/α-hetero) is 1. The van der Waals surface area contributed by atoms with Crippen LogP contribution in [0, 0.1) is 0 Å². The second kappa shape index (κ2) is 5.14. The summed E-state index contributed by atoms with van der Waals surface area (Å²) in [5, 5.41) is 0. The molecule has 0 aliphatic rings. The van der Waals surface area contributed by atoms with Gasteiger partial charge in [0, 0.05) is 5.56 Å². The molecule has 0 atom stereocenters. The molecule has 0 saturated carbocycles. The maximum atomic E-state index is 11.7. The number of methoxy groups -OCH3 is 1. The van der Waals surface area contributed by atoms with Crippen molar-refractivity contribution in [1.29, 1.82) is 0 Å². The lowest BCUT2D eigenvalue weighted by Crippen LogP contribution is -2.33. The summed E-state index contributed by atoms with van der Waals surface area (Å²) in [5.74, 6) is -0.760. The van der Waals surface area contributed by atoms with Crippen molar-refractivity contribution in [1.82, 2.24) is 0 Å². The van der Waals surface area contributed by atoms with Crippen LogP contribution in [0.2, 0.25) is 19.6 Å². The van der Waals surface area contributed by atoms with Gasteiger partial charge in [0.05, 0.1) is 7.11 Å². The van der Waals surface area contributed by atoms with E-state index in [0.29, 0.717) is 11.3 Å². The van der Waals surface area contributed by atoms with Crippen molar-refractivity contribution in [2.24, 2.45) is 0 Å². The molecule has 0 aliphatic carbocycles. The number of carbonyl (C=O) groups is 2. The van der Waals surface area contributed by atoms with Gasteiger partial charge in [-0.2, -0.15) is 0 Å². The van der Waals surface area contributed by atoms with Gasteiger partial charge < -0.3 is 9.16 Å². The second-order valence-corrected chi connectivity index (χ2v) is 8.99. The van der Waals surface area contributed by atoms with Crippen molar-refractivity contribution in [3.05, 3.63) is 29.8 Å². The first kappa shape index (κ1) is 13.4. The first-order valence-corrected chi connectivity index (χ1v) is 8.66. The summed E-state index contributed by atoms with van der Waals surface area (Å²) in [6.45, 7) is 5.56. The maximum Gasteiger partial charge on any atom is 0.366 e. The fraction of sp³-hybridized carbons (Fsp3) is 0.333. The van der Waals surface area contributed by atoms with Crippen molar-refractivity contribution < 1.29 is 18.8 Å². The highest BCUT2D eigenvalue weighted by atomic mass is 28.4. The normalized spacial score (nSPS) is 10.8. The molecule has 0 spiro atoms. The molecule has 0 saturated heterocycles. The van der Waals surface area contributed by atoms with Crippen LogP contribution in [0.1, 0.15) is 10.4 Å². The highest BCUT2D eigenvalue weighted by molar-refractivity contribution is 6.72. The Labute approximate surface area is 102 Å². The van der Waals surface area contributed by atoms with Gasteiger partial charge in [-0.15, -0.1) is 0 Å². The Morgan fingerprint density at radius 1 is 1.06 bits per heavy atom. The van der Waals surface area contributed by atoms with Crippen LogP contribution in [0.4, 0.5) is 0 Å². The van der Waals surface area contributed by atoms with Crippen LogP contribution in [0.15, 0.2) is 24.3 Å². The van der Waals surface area contributed by atoms with Gasteiger partial charge in [-0.05, 0) is 43.9 Å². The van der Waals surface area contributed by atoms with E-state index in [1.165, 1.54) is 7.11 Å². The number of carbonyl (C=O) groups excluding carboxylic acids is 2. The Kier molecular flexibility index (Phi) is 4.06. The number of benzene rings is 1. The van der Waals surface area contributed by atoms with Crippen LogP contribution < -0.4 is 4.74 Å². The smallest absolute Gasteiger partial charge is 0.366 e. The van der Waals surface area contributed by atoms with Gasteiger partial charge in [0.1, 0.15) is 5.75 Å². The van der Waals surface area contributed by atoms with Crippen LogP contribution in [-0.2, 0) is 9.22 Å². The van der Waals surface area contributed by atoms with Gasteiger partial charge >= 0.3 is 5.97 Å². The molecule has 0 bridgehead atoms. The van der Waals surface area contributed by atoms with Crippen LogP contribution in [-0.4, -0.2) is 27.2 Å². The molecule has 4 nitrogen and oxygen atoms in total. The van der Waals surface area contributed by atoms with Gasteiger partial charge in [-0.1, -0.05) is 0 Å². The van der Waals surface area contributed by atoms with Crippen molar-refractivity contribution in [2.75, 3.05) is 7.11 Å². The van der Waals surface area contributed by atoms with E-state index in [9.17, 15) is 9.59 Å².